The largest absolute Gasteiger partial charge is 0.378 e. The van der Waals surface area contributed by atoms with Gasteiger partial charge in [0, 0.05) is 25.3 Å². The van der Waals surface area contributed by atoms with Crippen molar-refractivity contribution < 1.29 is 9.18 Å². The Labute approximate surface area is 106 Å². The molecule has 0 aliphatic carbocycles. The molecule has 0 radical (unpaired) electrons. The van der Waals surface area contributed by atoms with Gasteiger partial charge < -0.3 is 4.90 Å². The van der Waals surface area contributed by atoms with E-state index in [9.17, 15) is 9.18 Å². The van der Waals surface area contributed by atoms with Gasteiger partial charge in [-0.3, -0.25) is 4.79 Å². The molecule has 3 heteroatoms. The molecule has 0 aliphatic heterocycles. The summed E-state index contributed by atoms with van der Waals surface area (Å²) in [5.41, 5.74) is 1.60. The van der Waals surface area contributed by atoms with Gasteiger partial charge in [0.05, 0.1) is 5.56 Å². The van der Waals surface area contributed by atoms with Gasteiger partial charge in [-0.05, 0) is 36.4 Å². The van der Waals surface area contributed by atoms with Crippen molar-refractivity contribution in [1.29, 1.82) is 0 Å². The molecule has 92 valence electrons. The maximum atomic E-state index is 13.5. The molecule has 0 heterocycles. The van der Waals surface area contributed by atoms with Crippen LogP contribution in [0.2, 0.25) is 0 Å². The third kappa shape index (κ3) is 2.40. The maximum absolute atomic E-state index is 13.5. The smallest absolute Gasteiger partial charge is 0.195 e. The van der Waals surface area contributed by atoms with Crippen LogP contribution < -0.4 is 4.90 Å². The van der Waals surface area contributed by atoms with E-state index in [0.717, 1.165) is 5.69 Å². The molecule has 2 aromatic carbocycles. The minimum absolute atomic E-state index is 0.107. The van der Waals surface area contributed by atoms with E-state index in [0.29, 0.717) is 5.56 Å². The lowest BCUT2D eigenvalue weighted by Crippen LogP contribution is -2.09. The molecule has 0 saturated heterocycles. The molecule has 0 spiro atoms. The first kappa shape index (κ1) is 12.3. The first-order chi connectivity index (χ1) is 8.59. The van der Waals surface area contributed by atoms with Crippen LogP contribution in [0.15, 0.2) is 48.5 Å². The quantitative estimate of drug-likeness (QED) is 0.772. The Balaban J connectivity index is 2.32. The second kappa shape index (κ2) is 5.00. The van der Waals surface area contributed by atoms with Crippen LogP contribution >= 0.6 is 0 Å². The maximum Gasteiger partial charge on any atom is 0.195 e. The number of ketones is 1. The average molecular weight is 243 g/mol. The van der Waals surface area contributed by atoms with Crippen molar-refractivity contribution >= 4 is 11.5 Å². The van der Waals surface area contributed by atoms with E-state index in [1.54, 1.807) is 24.3 Å². The molecule has 0 saturated carbocycles. The SMILES string of the molecule is CN(C)c1ccc(C(=O)c2ccccc2F)cc1. The van der Waals surface area contributed by atoms with E-state index >= 15 is 0 Å². The monoisotopic (exact) mass is 243 g/mol. The molecule has 0 bridgehead atoms. The number of anilines is 1. The molecule has 0 amide bonds. The highest BCUT2D eigenvalue weighted by atomic mass is 19.1. The number of nitrogens with zero attached hydrogens (tertiary/aromatic N) is 1. The van der Waals surface area contributed by atoms with Gasteiger partial charge in [-0.1, -0.05) is 12.1 Å². The minimum Gasteiger partial charge on any atom is -0.378 e. The van der Waals surface area contributed by atoms with E-state index in [2.05, 4.69) is 0 Å². The molecule has 0 aliphatic rings. The minimum atomic E-state index is -0.487. The van der Waals surface area contributed by atoms with Crippen LogP contribution in [0.25, 0.3) is 0 Å². The average Bonchev–Trinajstić information content (AvgIpc) is 2.38. The summed E-state index contributed by atoms with van der Waals surface area (Å²) in [5, 5.41) is 0. The third-order valence-electron chi connectivity index (χ3n) is 2.76. The van der Waals surface area contributed by atoms with Gasteiger partial charge >= 0.3 is 0 Å². The summed E-state index contributed by atoms with van der Waals surface area (Å²) in [6.07, 6.45) is 0. The Morgan fingerprint density at radius 3 is 2.17 bits per heavy atom. The summed E-state index contributed by atoms with van der Waals surface area (Å²) in [4.78, 5) is 14.0. The Morgan fingerprint density at radius 1 is 1.00 bits per heavy atom. The molecule has 0 aromatic heterocycles. The van der Waals surface area contributed by atoms with Crippen LogP contribution in [0.4, 0.5) is 10.1 Å². The number of carbonyl (C=O) groups is 1. The molecule has 0 atom stereocenters. The van der Waals surface area contributed by atoms with E-state index < -0.39 is 5.82 Å². The summed E-state index contributed by atoms with van der Waals surface area (Å²) < 4.78 is 13.5. The molecule has 0 unspecified atom stereocenters. The van der Waals surface area contributed by atoms with Gasteiger partial charge in [0.2, 0.25) is 0 Å². The van der Waals surface area contributed by atoms with Gasteiger partial charge in [0.25, 0.3) is 0 Å². The van der Waals surface area contributed by atoms with Crippen molar-refractivity contribution in [3.8, 4) is 0 Å². The van der Waals surface area contributed by atoms with Crippen molar-refractivity contribution in [3.63, 3.8) is 0 Å². The first-order valence-corrected chi connectivity index (χ1v) is 5.66. The molecule has 0 fully saturated rings. The summed E-state index contributed by atoms with van der Waals surface area (Å²) >= 11 is 0. The predicted octanol–water partition coefficient (Wildman–Crippen LogP) is 3.12. The summed E-state index contributed by atoms with van der Waals surface area (Å²) in [7, 11) is 3.85. The van der Waals surface area contributed by atoms with Gasteiger partial charge in [0.15, 0.2) is 5.78 Å². The van der Waals surface area contributed by atoms with E-state index in [1.165, 1.54) is 12.1 Å². The van der Waals surface area contributed by atoms with Gasteiger partial charge in [-0.25, -0.2) is 4.39 Å². The third-order valence-corrected chi connectivity index (χ3v) is 2.76. The Bertz CT molecular complexity index is 561. The molecule has 18 heavy (non-hydrogen) atoms. The van der Waals surface area contributed by atoms with Crippen LogP contribution in [-0.2, 0) is 0 Å². The molecular formula is C15H14FNO. The summed E-state index contributed by atoms with van der Waals surface area (Å²) in [5.74, 6) is -0.780. The zero-order chi connectivity index (χ0) is 13.1. The number of benzene rings is 2. The number of rotatable bonds is 3. The highest BCUT2D eigenvalue weighted by molar-refractivity contribution is 6.09. The van der Waals surface area contributed by atoms with E-state index in [4.69, 9.17) is 0 Å². The van der Waals surface area contributed by atoms with Crippen LogP contribution in [0, 0.1) is 5.82 Å². The van der Waals surface area contributed by atoms with Crippen molar-refractivity contribution in [2.75, 3.05) is 19.0 Å². The Kier molecular flexibility index (Phi) is 3.42. The molecule has 2 nitrogen and oxygen atoms in total. The van der Waals surface area contributed by atoms with Gasteiger partial charge in [-0.15, -0.1) is 0 Å². The molecule has 2 rings (SSSR count). The fraction of sp³-hybridized carbons (Fsp3) is 0.133. The summed E-state index contributed by atoms with van der Waals surface area (Å²) in [6, 6.07) is 13.1. The molecule has 0 N–H and O–H groups in total. The highest BCUT2D eigenvalue weighted by Gasteiger charge is 2.13. The number of hydrogen-bond acceptors (Lipinski definition) is 2. The normalized spacial score (nSPS) is 10.2. The second-order valence-corrected chi connectivity index (χ2v) is 4.25. The van der Waals surface area contributed by atoms with Crippen LogP contribution in [0.3, 0.4) is 0 Å². The Morgan fingerprint density at radius 2 is 1.61 bits per heavy atom. The standard InChI is InChI=1S/C15H14FNO/c1-17(2)12-9-7-11(8-10-12)15(18)13-5-3-4-6-14(13)16/h3-10H,1-2H3. The van der Waals surface area contributed by atoms with Crippen molar-refractivity contribution in [1.82, 2.24) is 0 Å². The van der Waals surface area contributed by atoms with Gasteiger partial charge in [-0.2, -0.15) is 0 Å². The van der Waals surface area contributed by atoms with E-state index in [1.807, 2.05) is 31.1 Å². The first-order valence-electron chi connectivity index (χ1n) is 5.66. The zero-order valence-corrected chi connectivity index (χ0v) is 10.4. The Hall–Kier alpha value is -2.16. The molecule has 2 aromatic rings. The van der Waals surface area contributed by atoms with Crippen LogP contribution in [0.5, 0.6) is 0 Å². The molecular weight excluding hydrogens is 229 g/mol. The predicted molar refractivity (Wildman–Crippen MR) is 70.6 cm³/mol. The van der Waals surface area contributed by atoms with Crippen LogP contribution in [0.1, 0.15) is 15.9 Å². The lowest BCUT2D eigenvalue weighted by Gasteiger charge is -2.12. The number of carbonyl (C=O) groups excluding carboxylic acids is 1. The van der Waals surface area contributed by atoms with Crippen molar-refractivity contribution in [3.05, 3.63) is 65.5 Å². The van der Waals surface area contributed by atoms with Crippen molar-refractivity contribution in [2.24, 2.45) is 0 Å². The lowest BCUT2D eigenvalue weighted by molar-refractivity contribution is 0.103. The van der Waals surface area contributed by atoms with Gasteiger partial charge in [0.1, 0.15) is 5.82 Å². The fourth-order valence-electron chi connectivity index (χ4n) is 1.71. The van der Waals surface area contributed by atoms with Crippen LogP contribution in [-0.4, -0.2) is 19.9 Å². The second-order valence-electron chi connectivity index (χ2n) is 4.25. The summed E-state index contributed by atoms with van der Waals surface area (Å²) in [6.45, 7) is 0. The van der Waals surface area contributed by atoms with E-state index in [-0.39, 0.29) is 11.3 Å². The number of hydrogen-bond donors (Lipinski definition) is 0. The zero-order valence-electron chi connectivity index (χ0n) is 10.4. The highest BCUT2D eigenvalue weighted by Crippen LogP contribution is 2.17. The topological polar surface area (TPSA) is 20.3 Å². The fourth-order valence-corrected chi connectivity index (χ4v) is 1.71. The lowest BCUT2D eigenvalue weighted by atomic mass is 10.0. The number of halogens is 1. The van der Waals surface area contributed by atoms with Crippen molar-refractivity contribution in [2.45, 2.75) is 0 Å².